The highest BCUT2D eigenvalue weighted by molar-refractivity contribution is 5.52. The number of phenols is 1. The van der Waals surface area contributed by atoms with Gasteiger partial charge in [-0.15, -0.1) is 0 Å². The third-order valence-corrected chi connectivity index (χ3v) is 4.11. The number of aliphatic hydroxyl groups is 1. The van der Waals surface area contributed by atoms with Gasteiger partial charge in [0.05, 0.1) is 31.9 Å². The van der Waals surface area contributed by atoms with E-state index in [1.165, 1.54) is 26.4 Å². The van der Waals surface area contributed by atoms with Crippen LogP contribution in [0.4, 0.5) is 0 Å². The number of nitrogens with two attached hydrogens (primary N) is 1. The number of aliphatic hydroxyl groups excluding tert-OH is 1. The first kappa shape index (κ1) is 14.9. The summed E-state index contributed by atoms with van der Waals surface area (Å²) in [5, 5.41) is 20.1. The number of aromatic hydroxyl groups is 1. The second kappa shape index (κ2) is 6.33. The lowest BCUT2D eigenvalue weighted by Gasteiger charge is -2.27. The van der Waals surface area contributed by atoms with E-state index in [0.29, 0.717) is 17.1 Å². The zero-order valence-corrected chi connectivity index (χ0v) is 12.0. The van der Waals surface area contributed by atoms with E-state index < -0.39 is 12.1 Å². The van der Waals surface area contributed by atoms with Crippen molar-refractivity contribution in [3.63, 3.8) is 0 Å². The zero-order chi connectivity index (χ0) is 14.7. The molecular weight excluding hydrogens is 258 g/mol. The molecule has 1 fully saturated rings. The van der Waals surface area contributed by atoms with E-state index in [4.69, 9.17) is 15.2 Å². The predicted molar refractivity (Wildman–Crippen MR) is 76.1 cm³/mol. The zero-order valence-electron chi connectivity index (χ0n) is 12.0. The van der Waals surface area contributed by atoms with Crippen molar-refractivity contribution in [1.82, 2.24) is 0 Å². The molecule has 4 N–H and O–H groups in total. The number of hydrogen-bond donors (Lipinski definition) is 3. The maximum Gasteiger partial charge on any atom is 0.131 e. The Hall–Kier alpha value is -1.46. The molecule has 1 saturated carbocycles. The number of methoxy groups -OCH3 is 2. The summed E-state index contributed by atoms with van der Waals surface area (Å²) >= 11 is 0. The first-order valence-electron chi connectivity index (χ1n) is 6.97. The van der Waals surface area contributed by atoms with Gasteiger partial charge in [0.25, 0.3) is 0 Å². The van der Waals surface area contributed by atoms with Crippen LogP contribution in [-0.4, -0.2) is 30.5 Å². The van der Waals surface area contributed by atoms with Crippen molar-refractivity contribution in [1.29, 1.82) is 0 Å². The Balaban J connectivity index is 2.34. The molecule has 0 heterocycles. The molecule has 0 aromatic heterocycles. The molecule has 112 valence electrons. The molecule has 0 radical (unpaired) electrons. The largest absolute Gasteiger partial charge is 0.508 e. The number of ether oxygens (including phenoxy) is 2. The van der Waals surface area contributed by atoms with Gasteiger partial charge in [-0.2, -0.15) is 0 Å². The molecule has 5 nitrogen and oxygen atoms in total. The van der Waals surface area contributed by atoms with E-state index in [1.807, 2.05) is 0 Å². The highest BCUT2D eigenvalue weighted by Gasteiger charge is 2.32. The van der Waals surface area contributed by atoms with Crippen molar-refractivity contribution in [3.8, 4) is 17.2 Å². The summed E-state index contributed by atoms with van der Waals surface area (Å²) in [6.07, 6.45) is 3.64. The van der Waals surface area contributed by atoms with Crippen molar-refractivity contribution in [2.75, 3.05) is 14.2 Å². The normalized spacial score (nSPS) is 18.8. The van der Waals surface area contributed by atoms with Gasteiger partial charge in [-0.1, -0.05) is 12.8 Å². The van der Waals surface area contributed by atoms with Crippen molar-refractivity contribution < 1.29 is 19.7 Å². The molecular formula is C15H23NO4. The van der Waals surface area contributed by atoms with Gasteiger partial charge in [0.1, 0.15) is 17.2 Å². The fraction of sp³-hybridized carbons (Fsp3) is 0.600. The van der Waals surface area contributed by atoms with Crippen LogP contribution in [0.25, 0.3) is 0 Å². The van der Waals surface area contributed by atoms with Gasteiger partial charge in [0.15, 0.2) is 0 Å². The lowest BCUT2D eigenvalue weighted by molar-refractivity contribution is 0.0826. The molecule has 2 rings (SSSR count). The quantitative estimate of drug-likeness (QED) is 0.768. The van der Waals surface area contributed by atoms with Crippen LogP contribution in [0.1, 0.15) is 37.3 Å². The minimum atomic E-state index is -0.634. The Morgan fingerprint density at radius 1 is 1.15 bits per heavy atom. The van der Waals surface area contributed by atoms with Crippen molar-refractivity contribution in [3.05, 3.63) is 17.7 Å². The average Bonchev–Trinajstić information content (AvgIpc) is 2.98. The third kappa shape index (κ3) is 2.83. The molecule has 0 amide bonds. The SMILES string of the molecule is COc1cc(O)cc(OC)c1[C@H](N)[C@H](O)C1CCCC1. The van der Waals surface area contributed by atoms with Gasteiger partial charge in [-0.05, 0) is 18.8 Å². The number of phenolic OH excluding ortho intramolecular Hbond substituents is 1. The van der Waals surface area contributed by atoms with E-state index in [0.717, 1.165) is 25.7 Å². The monoisotopic (exact) mass is 281 g/mol. The lowest BCUT2D eigenvalue weighted by atomic mass is 9.90. The van der Waals surface area contributed by atoms with E-state index in [9.17, 15) is 10.2 Å². The lowest BCUT2D eigenvalue weighted by Crippen LogP contribution is -2.32. The fourth-order valence-corrected chi connectivity index (χ4v) is 3.02. The topological polar surface area (TPSA) is 84.9 Å². The van der Waals surface area contributed by atoms with Crippen LogP contribution in [0.3, 0.4) is 0 Å². The van der Waals surface area contributed by atoms with Gasteiger partial charge < -0.3 is 25.4 Å². The molecule has 1 aromatic carbocycles. The second-order valence-corrected chi connectivity index (χ2v) is 5.32. The third-order valence-electron chi connectivity index (χ3n) is 4.11. The maximum atomic E-state index is 10.5. The molecule has 1 aromatic rings. The smallest absolute Gasteiger partial charge is 0.131 e. The molecule has 0 aliphatic heterocycles. The van der Waals surface area contributed by atoms with E-state index in [1.54, 1.807) is 0 Å². The van der Waals surface area contributed by atoms with Gasteiger partial charge >= 0.3 is 0 Å². The summed E-state index contributed by atoms with van der Waals surface area (Å²) in [6, 6.07) is 2.38. The van der Waals surface area contributed by atoms with Gasteiger partial charge in [-0.3, -0.25) is 0 Å². The van der Waals surface area contributed by atoms with Crippen molar-refractivity contribution in [2.24, 2.45) is 11.7 Å². The summed E-state index contributed by atoms with van der Waals surface area (Å²) in [7, 11) is 3.01. The van der Waals surface area contributed by atoms with Gasteiger partial charge in [0, 0.05) is 12.1 Å². The fourth-order valence-electron chi connectivity index (χ4n) is 3.02. The number of hydrogen-bond acceptors (Lipinski definition) is 5. The molecule has 0 saturated heterocycles. The summed E-state index contributed by atoms with van der Waals surface area (Å²) in [6.45, 7) is 0. The van der Waals surface area contributed by atoms with Crippen molar-refractivity contribution in [2.45, 2.75) is 37.8 Å². The molecule has 0 bridgehead atoms. The van der Waals surface area contributed by atoms with Crippen LogP contribution in [0.2, 0.25) is 0 Å². The Bertz CT molecular complexity index is 432. The molecule has 1 aliphatic rings. The highest BCUT2D eigenvalue weighted by atomic mass is 16.5. The first-order chi connectivity index (χ1) is 9.58. The number of benzene rings is 1. The Morgan fingerprint density at radius 2 is 1.65 bits per heavy atom. The summed E-state index contributed by atoms with van der Waals surface area (Å²) in [4.78, 5) is 0. The van der Waals surface area contributed by atoms with Gasteiger partial charge in [0.2, 0.25) is 0 Å². The van der Waals surface area contributed by atoms with Crippen molar-refractivity contribution >= 4 is 0 Å². The maximum absolute atomic E-state index is 10.5. The summed E-state index contributed by atoms with van der Waals surface area (Å²) in [5.41, 5.74) is 6.83. The highest BCUT2D eigenvalue weighted by Crippen LogP contribution is 2.41. The molecule has 20 heavy (non-hydrogen) atoms. The molecule has 0 spiro atoms. The summed E-state index contributed by atoms with van der Waals surface area (Å²) in [5.74, 6) is 1.14. The molecule has 0 unspecified atom stereocenters. The average molecular weight is 281 g/mol. The van der Waals surface area contributed by atoms with Crippen LogP contribution in [0, 0.1) is 5.92 Å². The molecule has 1 aliphatic carbocycles. The second-order valence-electron chi connectivity index (χ2n) is 5.32. The van der Waals surface area contributed by atoms with E-state index >= 15 is 0 Å². The summed E-state index contributed by atoms with van der Waals surface area (Å²) < 4.78 is 10.5. The Morgan fingerprint density at radius 3 is 2.10 bits per heavy atom. The minimum Gasteiger partial charge on any atom is -0.508 e. The van der Waals surface area contributed by atoms with E-state index in [-0.39, 0.29) is 11.7 Å². The molecule has 5 heteroatoms. The number of rotatable bonds is 5. The van der Waals surface area contributed by atoms with E-state index in [2.05, 4.69) is 0 Å². The standard InChI is InChI=1S/C15H23NO4/c1-19-11-7-10(17)8-12(20-2)13(11)14(16)15(18)9-5-3-4-6-9/h7-9,14-15,17-18H,3-6,16H2,1-2H3/t14-,15+/m0/s1. The first-order valence-corrected chi connectivity index (χ1v) is 6.97. The van der Waals surface area contributed by atoms with Crippen LogP contribution in [-0.2, 0) is 0 Å². The van der Waals surface area contributed by atoms with Gasteiger partial charge in [-0.25, -0.2) is 0 Å². The van der Waals surface area contributed by atoms with Crippen LogP contribution < -0.4 is 15.2 Å². The predicted octanol–water partition coefficient (Wildman–Crippen LogP) is 1.96. The Labute approximate surface area is 119 Å². The minimum absolute atomic E-state index is 0.0463. The van der Waals surface area contributed by atoms with Crippen LogP contribution >= 0.6 is 0 Å². The van der Waals surface area contributed by atoms with Crippen LogP contribution in [0.5, 0.6) is 17.2 Å². The molecule has 2 atom stereocenters. The van der Waals surface area contributed by atoms with Crippen LogP contribution in [0.15, 0.2) is 12.1 Å². The Kier molecular flexibility index (Phi) is 4.73.